The highest BCUT2D eigenvalue weighted by atomic mass is 32.2. The highest BCUT2D eigenvalue weighted by Crippen LogP contribution is 2.25. The molecular formula is C8H7F2N3O2S. The second-order valence-electron chi connectivity index (χ2n) is 2.84. The molecule has 3 N–H and O–H groups in total. The van der Waals surface area contributed by atoms with Crippen molar-refractivity contribution in [3.63, 3.8) is 0 Å². The van der Waals surface area contributed by atoms with E-state index in [0.29, 0.717) is 0 Å². The Balaban J connectivity index is 3.17. The zero-order chi connectivity index (χ0) is 12.3. The van der Waals surface area contributed by atoms with E-state index in [1.165, 1.54) is 6.07 Å². The van der Waals surface area contributed by atoms with Crippen LogP contribution in [0.3, 0.4) is 0 Å². The van der Waals surface area contributed by atoms with E-state index in [2.05, 4.69) is 0 Å². The number of sulfonamides is 1. The molecule has 5 nitrogen and oxygen atoms in total. The van der Waals surface area contributed by atoms with Gasteiger partial charge in [-0.3, -0.25) is 4.72 Å². The second kappa shape index (κ2) is 4.32. The van der Waals surface area contributed by atoms with Gasteiger partial charge < -0.3 is 5.73 Å². The first-order valence-electron chi connectivity index (χ1n) is 3.98. The maximum absolute atomic E-state index is 13.2. The fraction of sp³-hybridized carbons (Fsp3) is 0.125. The smallest absolute Gasteiger partial charge is 0.246 e. The fourth-order valence-electron chi connectivity index (χ4n) is 0.946. The molecule has 0 aliphatic rings. The first-order chi connectivity index (χ1) is 7.37. The third kappa shape index (κ3) is 2.58. The van der Waals surface area contributed by atoms with Crippen LogP contribution in [0.15, 0.2) is 12.1 Å². The van der Waals surface area contributed by atoms with Gasteiger partial charge in [0.05, 0.1) is 11.8 Å². The van der Waals surface area contributed by atoms with Gasteiger partial charge in [0.25, 0.3) is 0 Å². The van der Waals surface area contributed by atoms with E-state index in [-0.39, 0.29) is 5.69 Å². The van der Waals surface area contributed by atoms with Crippen LogP contribution in [0.25, 0.3) is 0 Å². The lowest BCUT2D eigenvalue weighted by Gasteiger charge is -2.09. The molecule has 86 valence electrons. The summed E-state index contributed by atoms with van der Waals surface area (Å²) in [4.78, 5) is 0. The number of halogens is 2. The Labute approximate surface area is 90.5 Å². The molecule has 0 unspecified atom stereocenters. The molecule has 0 aliphatic carbocycles. The number of benzene rings is 1. The molecule has 16 heavy (non-hydrogen) atoms. The molecule has 0 aromatic heterocycles. The van der Waals surface area contributed by atoms with Crippen molar-refractivity contribution in [2.45, 2.75) is 0 Å². The third-order valence-electron chi connectivity index (χ3n) is 1.64. The van der Waals surface area contributed by atoms with Crippen molar-refractivity contribution < 1.29 is 17.2 Å². The van der Waals surface area contributed by atoms with Crippen molar-refractivity contribution in [3.05, 3.63) is 23.8 Å². The molecule has 0 saturated heterocycles. The predicted molar refractivity (Wildman–Crippen MR) is 53.8 cm³/mol. The van der Waals surface area contributed by atoms with Gasteiger partial charge in [0.15, 0.2) is 17.4 Å². The molecule has 0 amide bonds. The molecule has 1 rings (SSSR count). The topological polar surface area (TPSA) is 96.0 Å². The average molecular weight is 247 g/mol. The fourth-order valence-corrected chi connectivity index (χ4v) is 1.71. The molecule has 1 aromatic rings. The van der Waals surface area contributed by atoms with Gasteiger partial charge in [0, 0.05) is 0 Å². The average Bonchev–Trinajstić information content (AvgIpc) is 2.19. The number of hydrogen-bond acceptors (Lipinski definition) is 4. The number of nitrogens with two attached hydrogens (primary N) is 1. The van der Waals surface area contributed by atoms with Gasteiger partial charge in [0.1, 0.15) is 5.69 Å². The molecule has 0 spiro atoms. The number of nitrogens with one attached hydrogen (secondary N) is 1. The van der Waals surface area contributed by atoms with Crippen LogP contribution in [0, 0.1) is 23.0 Å². The quantitative estimate of drug-likeness (QED) is 0.772. The van der Waals surface area contributed by atoms with Gasteiger partial charge in [-0.1, -0.05) is 0 Å². The van der Waals surface area contributed by atoms with E-state index >= 15 is 0 Å². The van der Waals surface area contributed by atoms with Crippen molar-refractivity contribution in [1.29, 1.82) is 5.26 Å². The van der Waals surface area contributed by atoms with Gasteiger partial charge in [-0.15, -0.1) is 0 Å². The summed E-state index contributed by atoms with van der Waals surface area (Å²) in [5.74, 6) is -3.51. The van der Waals surface area contributed by atoms with Gasteiger partial charge in [0.2, 0.25) is 10.0 Å². The summed E-state index contributed by atoms with van der Waals surface area (Å²) in [7, 11) is -4.04. The highest BCUT2D eigenvalue weighted by molar-refractivity contribution is 7.92. The van der Waals surface area contributed by atoms with Crippen molar-refractivity contribution in [2.75, 3.05) is 16.2 Å². The largest absolute Gasteiger partial charge is 0.397 e. The standard InChI is InChI=1S/C8H7F2N3O2S/c9-5-1-2-6(12)8(7(5)10)13-16(14,15)4-3-11/h1-2,13H,4,12H2. The number of nitriles is 1. The first-order valence-corrected chi connectivity index (χ1v) is 5.63. The Hall–Kier alpha value is -1.88. The summed E-state index contributed by atoms with van der Waals surface area (Å²) in [6.45, 7) is 0. The SMILES string of the molecule is N#CCS(=O)(=O)Nc1c(N)ccc(F)c1F. The third-order valence-corrected chi connectivity index (χ3v) is 2.66. The molecule has 1 aromatic carbocycles. The van der Waals surface area contributed by atoms with Crippen LogP contribution in [-0.4, -0.2) is 14.2 Å². The molecule has 0 radical (unpaired) electrons. The first kappa shape index (κ1) is 12.2. The molecule has 8 heteroatoms. The van der Waals surface area contributed by atoms with Crippen molar-refractivity contribution >= 4 is 21.4 Å². The lowest BCUT2D eigenvalue weighted by Crippen LogP contribution is -2.18. The Morgan fingerprint density at radius 2 is 2.06 bits per heavy atom. The predicted octanol–water partition coefficient (Wildman–Crippen LogP) is 0.812. The number of anilines is 2. The summed E-state index contributed by atoms with van der Waals surface area (Å²) >= 11 is 0. The molecular weight excluding hydrogens is 240 g/mol. The van der Waals surface area contributed by atoms with Crippen LogP contribution in [0.2, 0.25) is 0 Å². The van der Waals surface area contributed by atoms with E-state index in [1.807, 2.05) is 0 Å². The van der Waals surface area contributed by atoms with Crippen LogP contribution in [0.1, 0.15) is 0 Å². The number of nitrogens with zero attached hydrogens (tertiary/aromatic N) is 1. The van der Waals surface area contributed by atoms with Crippen LogP contribution >= 0.6 is 0 Å². The van der Waals surface area contributed by atoms with E-state index in [0.717, 1.165) is 12.1 Å². The second-order valence-corrected chi connectivity index (χ2v) is 4.57. The normalized spacial score (nSPS) is 10.8. The van der Waals surface area contributed by atoms with Crippen LogP contribution in [0.4, 0.5) is 20.2 Å². The molecule has 0 atom stereocenters. The summed E-state index contributed by atoms with van der Waals surface area (Å²) in [6, 6.07) is 3.16. The zero-order valence-electron chi connectivity index (χ0n) is 7.87. The maximum Gasteiger partial charge on any atom is 0.246 e. The van der Waals surface area contributed by atoms with E-state index in [1.54, 1.807) is 4.72 Å². The number of hydrogen-bond donors (Lipinski definition) is 2. The monoisotopic (exact) mass is 247 g/mol. The zero-order valence-corrected chi connectivity index (χ0v) is 8.68. The van der Waals surface area contributed by atoms with Crippen LogP contribution in [0.5, 0.6) is 0 Å². The molecule has 0 aliphatic heterocycles. The van der Waals surface area contributed by atoms with Crippen molar-refractivity contribution in [3.8, 4) is 6.07 Å². The van der Waals surface area contributed by atoms with Crippen molar-refractivity contribution in [2.24, 2.45) is 0 Å². The summed E-state index contributed by atoms with van der Waals surface area (Å²) in [5.41, 5.74) is 4.33. The summed E-state index contributed by atoms with van der Waals surface area (Å²) in [6.07, 6.45) is 0. The molecule has 0 bridgehead atoms. The highest BCUT2D eigenvalue weighted by Gasteiger charge is 2.17. The van der Waals surface area contributed by atoms with Gasteiger partial charge >= 0.3 is 0 Å². The molecule has 0 heterocycles. The van der Waals surface area contributed by atoms with Crippen LogP contribution in [-0.2, 0) is 10.0 Å². The molecule has 0 fully saturated rings. The number of rotatable bonds is 3. The Kier molecular flexibility index (Phi) is 3.29. The minimum Gasteiger partial charge on any atom is -0.397 e. The Bertz CT molecular complexity index is 551. The van der Waals surface area contributed by atoms with E-state index in [9.17, 15) is 17.2 Å². The minimum absolute atomic E-state index is 0.264. The van der Waals surface area contributed by atoms with E-state index in [4.69, 9.17) is 11.0 Å². The van der Waals surface area contributed by atoms with Crippen molar-refractivity contribution in [1.82, 2.24) is 0 Å². The Morgan fingerprint density at radius 1 is 1.44 bits per heavy atom. The van der Waals surface area contributed by atoms with Crippen LogP contribution < -0.4 is 10.5 Å². The maximum atomic E-state index is 13.2. The summed E-state index contributed by atoms with van der Waals surface area (Å²) < 4.78 is 49.9. The minimum atomic E-state index is -4.04. The molecule has 0 saturated carbocycles. The lowest BCUT2D eigenvalue weighted by molar-refractivity contribution is 0.512. The number of nitrogen functional groups attached to an aromatic ring is 1. The summed E-state index contributed by atoms with van der Waals surface area (Å²) in [5, 5.41) is 8.20. The van der Waals surface area contributed by atoms with Gasteiger partial charge in [-0.2, -0.15) is 5.26 Å². The van der Waals surface area contributed by atoms with Gasteiger partial charge in [-0.25, -0.2) is 17.2 Å². The Morgan fingerprint density at radius 3 is 2.62 bits per heavy atom. The van der Waals surface area contributed by atoms with Gasteiger partial charge in [-0.05, 0) is 12.1 Å². The van der Waals surface area contributed by atoms with E-state index < -0.39 is 33.1 Å². The lowest BCUT2D eigenvalue weighted by atomic mass is 10.2.